The maximum atomic E-state index is 3.74. The molecule has 2 nitrogen and oxygen atoms in total. The van der Waals surface area contributed by atoms with Gasteiger partial charge < -0.3 is 5.32 Å². The summed E-state index contributed by atoms with van der Waals surface area (Å²) >= 11 is 0. The average Bonchev–Trinajstić information content (AvgIpc) is 2.59. The van der Waals surface area contributed by atoms with Crippen molar-refractivity contribution in [2.75, 3.05) is 6.54 Å². The van der Waals surface area contributed by atoms with E-state index in [0.29, 0.717) is 0 Å². The van der Waals surface area contributed by atoms with Crippen LogP contribution in [-0.4, -0.2) is 35.6 Å². The van der Waals surface area contributed by atoms with Crippen LogP contribution in [0.5, 0.6) is 0 Å². The molecule has 3 atom stereocenters. The van der Waals surface area contributed by atoms with Crippen molar-refractivity contribution in [1.29, 1.82) is 0 Å². The van der Waals surface area contributed by atoms with Gasteiger partial charge in [0, 0.05) is 24.2 Å². The van der Waals surface area contributed by atoms with Crippen LogP contribution in [0.3, 0.4) is 0 Å². The highest BCUT2D eigenvalue weighted by Gasteiger charge is 2.36. The van der Waals surface area contributed by atoms with Crippen LogP contribution in [0.2, 0.25) is 0 Å². The third kappa shape index (κ3) is 2.60. The van der Waals surface area contributed by atoms with Crippen LogP contribution < -0.4 is 5.32 Å². The van der Waals surface area contributed by atoms with Crippen molar-refractivity contribution in [2.24, 2.45) is 0 Å². The molecule has 2 saturated heterocycles. The van der Waals surface area contributed by atoms with E-state index in [1.54, 1.807) is 0 Å². The molecule has 0 aromatic rings. The van der Waals surface area contributed by atoms with Gasteiger partial charge in [-0.1, -0.05) is 20.3 Å². The summed E-state index contributed by atoms with van der Waals surface area (Å²) in [5.41, 5.74) is 0. The molecule has 2 heterocycles. The second-order valence-corrected chi connectivity index (χ2v) is 5.73. The fourth-order valence-electron chi connectivity index (χ4n) is 3.81. The van der Waals surface area contributed by atoms with Gasteiger partial charge in [0.2, 0.25) is 0 Å². The molecule has 2 heteroatoms. The first-order valence-electron chi connectivity index (χ1n) is 7.26. The zero-order chi connectivity index (χ0) is 11.5. The molecule has 0 aromatic carbocycles. The number of fused-ring (bicyclic) bond motifs is 2. The fraction of sp³-hybridized carbons (Fsp3) is 1.00. The number of rotatable bonds is 5. The molecule has 0 aliphatic carbocycles. The Labute approximate surface area is 101 Å². The molecular weight excluding hydrogens is 196 g/mol. The van der Waals surface area contributed by atoms with Gasteiger partial charge in [0.15, 0.2) is 0 Å². The van der Waals surface area contributed by atoms with E-state index < -0.39 is 0 Å². The van der Waals surface area contributed by atoms with Crippen molar-refractivity contribution >= 4 is 0 Å². The molecule has 0 aromatic heterocycles. The predicted molar refractivity (Wildman–Crippen MR) is 69.7 cm³/mol. The van der Waals surface area contributed by atoms with Gasteiger partial charge >= 0.3 is 0 Å². The van der Waals surface area contributed by atoms with E-state index in [-0.39, 0.29) is 0 Å². The normalized spacial score (nSPS) is 35.6. The summed E-state index contributed by atoms with van der Waals surface area (Å²) < 4.78 is 0. The SMILES string of the molecule is CCCC(C)N(CC)C1CC2CCC(C1)N2. The molecule has 2 aliphatic rings. The van der Waals surface area contributed by atoms with E-state index >= 15 is 0 Å². The minimum Gasteiger partial charge on any atom is -0.311 e. The van der Waals surface area contributed by atoms with E-state index in [4.69, 9.17) is 0 Å². The van der Waals surface area contributed by atoms with Crippen molar-refractivity contribution in [3.05, 3.63) is 0 Å². The van der Waals surface area contributed by atoms with Crippen LogP contribution in [0, 0.1) is 0 Å². The van der Waals surface area contributed by atoms with Gasteiger partial charge in [0.25, 0.3) is 0 Å². The highest BCUT2D eigenvalue weighted by molar-refractivity contribution is 4.96. The summed E-state index contributed by atoms with van der Waals surface area (Å²) in [5.74, 6) is 0. The number of hydrogen-bond acceptors (Lipinski definition) is 2. The average molecular weight is 224 g/mol. The highest BCUT2D eigenvalue weighted by Crippen LogP contribution is 2.31. The van der Waals surface area contributed by atoms with Crippen LogP contribution in [0.4, 0.5) is 0 Å². The number of piperidine rings is 1. The lowest BCUT2D eigenvalue weighted by Crippen LogP contribution is -2.50. The van der Waals surface area contributed by atoms with Crippen LogP contribution >= 0.6 is 0 Å². The van der Waals surface area contributed by atoms with Gasteiger partial charge in [-0.3, -0.25) is 4.90 Å². The lowest BCUT2D eigenvalue weighted by molar-refractivity contribution is 0.103. The second kappa shape index (κ2) is 5.50. The molecule has 94 valence electrons. The van der Waals surface area contributed by atoms with Crippen LogP contribution in [0.25, 0.3) is 0 Å². The van der Waals surface area contributed by atoms with E-state index in [1.807, 2.05) is 0 Å². The summed E-state index contributed by atoms with van der Waals surface area (Å²) in [7, 11) is 0. The van der Waals surface area contributed by atoms with E-state index in [9.17, 15) is 0 Å². The molecule has 2 bridgehead atoms. The molecule has 2 fully saturated rings. The minimum absolute atomic E-state index is 0.775. The number of hydrogen-bond donors (Lipinski definition) is 1. The Bertz CT molecular complexity index is 205. The van der Waals surface area contributed by atoms with Crippen LogP contribution in [0.1, 0.15) is 59.3 Å². The van der Waals surface area contributed by atoms with Crippen molar-refractivity contribution in [3.8, 4) is 0 Å². The van der Waals surface area contributed by atoms with Gasteiger partial charge in [0.1, 0.15) is 0 Å². The molecule has 0 radical (unpaired) electrons. The first-order valence-corrected chi connectivity index (χ1v) is 7.26. The largest absolute Gasteiger partial charge is 0.311 e. The van der Waals surface area contributed by atoms with E-state index in [1.165, 1.54) is 45.1 Å². The van der Waals surface area contributed by atoms with E-state index in [0.717, 1.165) is 24.2 Å². The van der Waals surface area contributed by atoms with Gasteiger partial charge in [-0.05, 0) is 45.6 Å². The Morgan fingerprint density at radius 1 is 1.19 bits per heavy atom. The van der Waals surface area contributed by atoms with Crippen LogP contribution in [-0.2, 0) is 0 Å². The summed E-state index contributed by atoms with van der Waals surface area (Å²) in [5, 5.41) is 3.74. The lowest BCUT2D eigenvalue weighted by Gasteiger charge is -2.40. The van der Waals surface area contributed by atoms with Crippen molar-refractivity contribution < 1.29 is 0 Å². The van der Waals surface area contributed by atoms with Gasteiger partial charge in [-0.2, -0.15) is 0 Å². The lowest BCUT2D eigenvalue weighted by atomic mass is 9.96. The zero-order valence-corrected chi connectivity index (χ0v) is 11.2. The van der Waals surface area contributed by atoms with Crippen molar-refractivity contribution in [3.63, 3.8) is 0 Å². The number of nitrogens with one attached hydrogen (secondary N) is 1. The Kier molecular flexibility index (Phi) is 4.26. The molecule has 1 N–H and O–H groups in total. The zero-order valence-electron chi connectivity index (χ0n) is 11.2. The standard InChI is InChI=1S/C14H28N2/c1-4-6-11(3)16(5-2)14-9-12-7-8-13(10-14)15-12/h11-15H,4-10H2,1-3H3. The monoisotopic (exact) mass is 224 g/mol. The molecule has 0 saturated carbocycles. The van der Waals surface area contributed by atoms with Gasteiger partial charge in [-0.25, -0.2) is 0 Å². The first kappa shape index (κ1) is 12.4. The Morgan fingerprint density at radius 2 is 1.81 bits per heavy atom. The third-order valence-electron chi connectivity index (χ3n) is 4.55. The maximum absolute atomic E-state index is 3.74. The summed E-state index contributed by atoms with van der Waals surface area (Å²) in [6.45, 7) is 8.27. The second-order valence-electron chi connectivity index (χ2n) is 5.73. The minimum atomic E-state index is 0.775. The highest BCUT2D eigenvalue weighted by atomic mass is 15.2. The third-order valence-corrected chi connectivity index (χ3v) is 4.55. The van der Waals surface area contributed by atoms with E-state index in [2.05, 4.69) is 31.0 Å². The molecule has 3 unspecified atom stereocenters. The molecule has 2 rings (SSSR count). The Morgan fingerprint density at radius 3 is 2.31 bits per heavy atom. The van der Waals surface area contributed by atoms with Gasteiger partial charge in [0.05, 0.1) is 0 Å². The van der Waals surface area contributed by atoms with Crippen molar-refractivity contribution in [2.45, 2.75) is 83.5 Å². The molecule has 2 aliphatic heterocycles. The predicted octanol–water partition coefficient (Wildman–Crippen LogP) is 2.78. The maximum Gasteiger partial charge on any atom is 0.0128 e. The molecular formula is C14H28N2. The van der Waals surface area contributed by atoms with Gasteiger partial charge in [-0.15, -0.1) is 0 Å². The Balaban J connectivity index is 1.93. The smallest absolute Gasteiger partial charge is 0.0128 e. The summed E-state index contributed by atoms with van der Waals surface area (Å²) in [6, 6.07) is 3.28. The Hall–Kier alpha value is -0.0800. The first-order chi connectivity index (χ1) is 7.74. The fourth-order valence-corrected chi connectivity index (χ4v) is 3.81. The van der Waals surface area contributed by atoms with Crippen molar-refractivity contribution in [1.82, 2.24) is 10.2 Å². The molecule has 0 spiro atoms. The van der Waals surface area contributed by atoms with Crippen LogP contribution in [0.15, 0.2) is 0 Å². The summed E-state index contributed by atoms with van der Waals surface area (Å²) in [6.07, 6.45) is 8.28. The summed E-state index contributed by atoms with van der Waals surface area (Å²) in [4.78, 5) is 2.76. The molecule has 0 amide bonds. The molecule has 16 heavy (non-hydrogen) atoms. The number of nitrogens with zero attached hydrogens (tertiary/aromatic N) is 1. The topological polar surface area (TPSA) is 15.3 Å². The quantitative estimate of drug-likeness (QED) is 0.772.